The Morgan fingerprint density at radius 2 is 1.57 bits per heavy atom. The SMILES string of the molecule is COc1ccc(C(C(=O)NCc2ccccc2)N(C(=O)c2snc(C(N)=O)c2N)c2ccc(C(C)C)cc2)cc1OC. The van der Waals surface area contributed by atoms with Crippen LogP contribution < -0.4 is 31.2 Å². The lowest BCUT2D eigenvalue weighted by Gasteiger charge is -2.32. The van der Waals surface area contributed by atoms with Crippen molar-refractivity contribution in [2.75, 3.05) is 24.9 Å². The van der Waals surface area contributed by atoms with E-state index in [4.69, 9.17) is 20.9 Å². The Labute approximate surface area is 248 Å². The molecule has 42 heavy (non-hydrogen) atoms. The second-order valence-corrected chi connectivity index (χ2v) is 10.6. The molecule has 0 aliphatic heterocycles. The zero-order chi connectivity index (χ0) is 30.4. The molecule has 1 atom stereocenters. The Kier molecular flexibility index (Phi) is 9.43. The third kappa shape index (κ3) is 6.36. The maximum atomic E-state index is 14.3. The molecule has 11 heteroatoms. The van der Waals surface area contributed by atoms with Crippen LogP contribution in [0.25, 0.3) is 0 Å². The number of carbonyl (C=O) groups excluding carboxylic acids is 3. The fourth-order valence-corrected chi connectivity index (χ4v) is 5.21. The number of nitrogens with two attached hydrogens (primary N) is 2. The van der Waals surface area contributed by atoms with E-state index in [0.717, 1.165) is 22.7 Å². The largest absolute Gasteiger partial charge is 0.493 e. The van der Waals surface area contributed by atoms with E-state index in [0.29, 0.717) is 22.7 Å². The van der Waals surface area contributed by atoms with Gasteiger partial charge in [0.2, 0.25) is 5.91 Å². The molecule has 4 aromatic rings. The van der Waals surface area contributed by atoms with Crippen molar-refractivity contribution in [3.63, 3.8) is 0 Å². The molecule has 0 radical (unpaired) electrons. The molecule has 218 valence electrons. The first kappa shape index (κ1) is 30.1. The standard InChI is InChI=1S/C31H33N5O5S/c1-18(2)20-10-13-22(14-11-20)36(31(39)28-25(32)26(29(33)37)35-42-28)27(21-12-15-23(40-3)24(16-21)41-4)30(38)34-17-19-8-6-5-7-9-19/h5-16,18,27H,17,32H2,1-4H3,(H2,33,37)(H,34,38). The van der Waals surface area contributed by atoms with Crippen molar-refractivity contribution in [2.45, 2.75) is 32.4 Å². The minimum atomic E-state index is -1.18. The van der Waals surface area contributed by atoms with E-state index in [-0.39, 0.29) is 28.7 Å². The maximum Gasteiger partial charge on any atom is 0.273 e. The molecule has 0 spiro atoms. The van der Waals surface area contributed by atoms with Gasteiger partial charge in [-0.2, -0.15) is 4.37 Å². The van der Waals surface area contributed by atoms with Gasteiger partial charge in [0.05, 0.1) is 19.9 Å². The van der Waals surface area contributed by atoms with Crippen molar-refractivity contribution in [2.24, 2.45) is 5.73 Å². The van der Waals surface area contributed by atoms with Crippen LogP contribution in [0.1, 0.15) is 62.7 Å². The molecule has 0 fully saturated rings. The lowest BCUT2D eigenvalue weighted by Crippen LogP contribution is -2.44. The summed E-state index contributed by atoms with van der Waals surface area (Å²) in [5.41, 5.74) is 14.1. The second kappa shape index (κ2) is 13.2. The number of nitrogen functional groups attached to an aromatic ring is 1. The number of ether oxygens (including phenoxy) is 2. The molecule has 0 saturated carbocycles. The number of primary amides is 1. The number of rotatable bonds is 11. The monoisotopic (exact) mass is 587 g/mol. The van der Waals surface area contributed by atoms with E-state index < -0.39 is 23.8 Å². The Balaban J connectivity index is 1.89. The zero-order valence-electron chi connectivity index (χ0n) is 23.8. The number of nitrogens with one attached hydrogen (secondary N) is 1. The second-order valence-electron chi connectivity index (χ2n) is 9.78. The molecule has 3 amide bonds. The zero-order valence-corrected chi connectivity index (χ0v) is 24.6. The van der Waals surface area contributed by atoms with Crippen molar-refractivity contribution < 1.29 is 23.9 Å². The molecule has 1 heterocycles. The molecule has 10 nitrogen and oxygen atoms in total. The molecule has 4 rings (SSSR count). The number of hydrogen-bond acceptors (Lipinski definition) is 8. The Morgan fingerprint density at radius 3 is 2.14 bits per heavy atom. The number of aromatic nitrogens is 1. The topological polar surface area (TPSA) is 150 Å². The number of nitrogens with zero attached hydrogens (tertiary/aromatic N) is 2. The van der Waals surface area contributed by atoms with E-state index in [2.05, 4.69) is 23.5 Å². The highest BCUT2D eigenvalue weighted by Gasteiger charge is 2.36. The fraction of sp³-hybridized carbons (Fsp3) is 0.226. The summed E-state index contributed by atoms with van der Waals surface area (Å²) in [6, 6.07) is 20.6. The van der Waals surface area contributed by atoms with Crippen molar-refractivity contribution in [1.29, 1.82) is 0 Å². The fourth-order valence-electron chi connectivity index (χ4n) is 4.46. The van der Waals surface area contributed by atoms with E-state index in [1.54, 1.807) is 30.3 Å². The summed E-state index contributed by atoms with van der Waals surface area (Å²) in [5, 5.41) is 2.97. The van der Waals surface area contributed by atoms with Crippen molar-refractivity contribution in [1.82, 2.24) is 9.69 Å². The number of benzene rings is 3. The summed E-state index contributed by atoms with van der Waals surface area (Å²) in [6.45, 7) is 4.35. The summed E-state index contributed by atoms with van der Waals surface area (Å²) in [6.07, 6.45) is 0. The molecule has 0 aliphatic rings. The van der Waals surface area contributed by atoms with Crippen LogP contribution in [0.2, 0.25) is 0 Å². The molecule has 0 bridgehead atoms. The van der Waals surface area contributed by atoms with Crippen LogP contribution in [0.4, 0.5) is 11.4 Å². The lowest BCUT2D eigenvalue weighted by molar-refractivity contribution is -0.122. The van der Waals surface area contributed by atoms with Crippen LogP contribution >= 0.6 is 11.5 Å². The van der Waals surface area contributed by atoms with Crippen molar-refractivity contribution in [3.05, 3.63) is 100 Å². The smallest absolute Gasteiger partial charge is 0.273 e. The molecule has 1 unspecified atom stereocenters. The highest BCUT2D eigenvalue weighted by atomic mass is 32.1. The van der Waals surface area contributed by atoms with E-state index >= 15 is 0 Å². The van der Waals surface area contributed by atoms with Gasteiger partial charge >= 0.3 is 0 Å². The Hall–Kier alpha value is -4.90. The van der Waals surface area contributed by atoms with Crippen LogP contribution in [-0.4, -0.2) is 36.3 Å². The molecule has 1 aromatic heterocycles. The summed E-state index contributed by atoms with van der Waals surface area (Å²) in [5.74, 6) is -0.842. The van der Waals surface area contributed by atoms with Gasteiger partial charge in [-0.05, 0) is 58.4 Å². The van der Waals surface area contributed by atoms with Crippen molar-refractivity contribution >= 4 is 40.6 Å². The van der Waals surface area contributed by atoms with Gasteiger partial charge in [-0.25, -0.2) is 0 Å². The number of hydrogen-bond donors (Lipinski definition) is 3. The highest BCUT2D eigenvalue weighted by Crippen LogP contribution is 2.37. The average molecular weight is 588 g/mol. The molecule has 3 aromatic carbocycles. The van der Waals surface area contributed by atoms with Crippen molar-refractivity contribution in [3.8, 4) is 11.5 Å². The first-order chi connectivity index (χ1) is 20.2. The third-order valence-corrected chi connectivity index (χ3v) is 7.60. The first-order valence-electron chi connectivity index (χ1n) is 13.2. The lowest BCUT2D eigenvalue weighted by atomic mass is 9.99. The highest BCUT2D eigenvalue weighted by molar-refractivity contribution is 7.09. The van der Waals surface area contributed by atoms with Gasteiger partial charge in [0, 0.05) is 12.2 Å². The van der Waals surface area contributed by atoms with Gasteiger partial charge < -0.3 is 26.3 Å². The molecular formula is C31H33N5O5S. The normalized spacial score (nSPS) is 11.5. The van der Waals surface area contributed by atoms with Crippen LogP contribution in [0.15, 0.2) is 72.8 Å². The molecule has 5 N–H and O–H groups in total. The maximum absolute atomic E-state index is 14.3. The van der Waals surface area contributed by atoms with Crippen LogP contribution in [0, 0.1) is 0 Å². The minimum absolute atomic E-state index is 0.0157. The van der Waals surface area contributed by atoms with E-state index in [1.165, 1.54) is 19.1 Å². The average Bonchev–Trinajstić information content (AvgIpc) is 3.40. The van der Waals surface area contributed by atoms with Gasteiger partial charge in [0.1, 0.15) is 10.9 Å². The molecule has 0 aliphatic carbocycles. The summed E-state index contributed by atoms with van der Waals surface area (Å²) < 4.78 is 14.9. The van der Waals surface area contributed by atoms with Gasteiger partial charge in [-0.1, -0.05) is 62.4 Å². The molecule has 0 saturated heterocycles. The number of carbonyl (C=O) groups is 3. The summed E-state index contributed by atoms with van der Waals surface area (Å²) in [7, 11) is 3.00. The summed E-state index contributed by atoms with van der Waals surface area (Å²) in [4.78, 5) is 41.6. The van der Waals surface area contributed by atoms with Gasteiger partial charge in [-0.3, -0.25) is 19.3 Å². The van der Waals surface area contributed by atoms with Gasteiger partial charge in [-0.15, -0.1) is 0 Å². The number of anilines is 2. The minimum Gasteiger partial charge on any atom is -0.493 e. The molecular weight excluding hydrogens is 554 g/mol. The number of methoxy groups -OCH3 is 2. The van der Waals surface area contributed by atoms with Crippen LogP contribution in [-0.2, 0) is 11.3 Å². The third-order valence-electron chi connectivity index (χ3n) is 6.75. The number of amides is 3. The predicted molar refractivity (Wildman–Crippen MR) is 163 cm³/mol. The summed E-state index contributed by atoms with van der Waals surface area (Å²) >= 11 is 0.748. The van der Waals surface area contributed by atoms with E-state index in [9.17, 15) is 14.4 Å². The van der Waals surface area contributed by atoms with E-state index in [1.807, 2.05) is 42.5 Å². The predicted octanol–water partition coefficient (Wildman–Crippen LogP) is 4.67. The Bertz CT molecular complexity index is 1570. The van der Waals surface area contributed by atoms with Crippen LogP contribution in [0.3, 0.4) is 0 Å². The van der Waals surface area contributed by atoms with Gasteiger partial charge in [0.15, 0.2) is 17.2 Å². The first-order valence-corrected chi connectivity index (χ1v) is 14.0. The van der Waals surface area contributed by atoms with Gasteiger partial charge in [0.25, 0.3) is 11.8 Å². The quantitative estimate of drug-likeness (QED) is 0.231. The Morgan fingerprint density at radius 1 is 0.929 bits per heavy atom. The van der Waals surface area contributed by atoms with Crippen LogP contribution in [0.5, 0.6) is 11.5 Å².